The zero-order valence-corrected chi connectivity index (χ0v) is 13.1. The number of rotatable bonds is 6. The van der Waals surface area contributed by atoms with Gasteiger partial charge in [0.2, 0.25) is 5.91 Å². The Labute approximate surface area is 135 Å². The molecule has 1 aliphatic heterocycles. The van der Waals surface area contributed by atoms with Gasteiger partial charge < -0.3 is 10.1 Å². The molecule has 1 fully saturated rings. The second kappa shape index (κ2) is 8.40. The van der Waals surface area contributed by atoms with Crippen LogP contribution in [0.25, 0.3) is 6.08 Å². The SMILES string of the molecule is CC(CNC(=O)C=Cc1cccc([N+](=O)[O-])c1)N1CCOCC1. The second-order valence-corrected chi connectivity index (χ2v) is 5.43. The summed E-state index contributed by atoms with van der Waals surface area (Å²) in [6.45, 7) is 5.82. The minimum atomic E-state index is -0.457. The van der Waals surface area contributed by atoms with Crippen LogP contribution < -0.4 is 5.32 Å². The molecule has 23 heavy (non-hydrogen) atoms. The molecule has 1 N–H and O–H groups in total. The molecule has 0 spiro atoms. The maximum atomic E-state index is 11.8. The van der Waals surface area contributed by atoms with E-state index in [2.05, 4.69) is 17.1 Å². The lowest BCUT2D eigenvalue weighted by molar-refractivity contribution is -0.384. The van der Waals surface area contributed by atoms with Gasteiger partial charge >= 0.3 is 0 Å². The number of nitro benzene ring substituents is 1. The number of non-ortho nitro benzene ring substituents is 1. The summed E-state index contributed by atoms with van der Waals surface area (Å²) in [5, 5.41) is 13.6. The van der Waals surface area contributed by atoms with Crippen molar-refractivity contribution in [1.82, 2.24) is 10.2 Å². The number of nitrogens with one attached hydrogen (secondary N) is 1. The van der Waals surface area contributed by atoms with Gasteiger partial charge in [-0.1, -0.05) is 12.1 Å². The fourth-order valence-corrected chi connectivity index (χ4v) is 2.37. The van der Waals surface area contributed by atoms with Crippen LogP contribution in [0.15, 0.2) is 30.3 Å². The van der Waals surface area contributed by atoms with Crippen LogP contribution in [0.1, 0.15) is 12.5 Å². The number of amides is 1. The van der Waals surface area contributed by atoms with Gasteiger partial charge in [0, 0.05) is 43.9 Å². The number of nitro groups is 1. The Morgan fingerprint density at radius 1 is 1.48 bits per heavy atom. The van der Waals surface area contributed by atoms with E-state index in [9.17, 15) is 14.9 Å². The van der Waals surface area contributed by atoms with E-state index in [-0.39, 0.29) is 17.6 Å². The molecule has 0 aromatic heterocycles. The van der Waals surface area contributed by atoms with Gasteiger partial charge in [-0.25, -0.2) is 0 Å². The number of hydrogen-bond acceptors (Lipinski definition) is 5. The highest BCUT2D eigenvalue weighted by molar-refractivity contribution is 5.91. The van der Waals surface area contributed by atoms with Crippen molar-refractivity contribution in [3.8, 4) is 0 Å². The van der Waals surface area contributed by atoms with Crippen LogP contribution in [0, 0.1) is 10.1 Å². The van der Waals surface area contributed by atoms with Crippen molar-refractivity contribution in [3.05, 3.63) is 46.0 Å². The van der Waals surface area contributed by atoms with Crippen molar-refractivity contribution in [2.45, 2.75) is 13.0 Å². The molecular weight excluding hydrogens is 298 g/mol. The number of carbonyl (C=O) groups is 1. The predicted molar refractivity (Wildman–Crippen MR) is 87.0 cm³/mol. The Hall–Kier alpha value is -2.25. The van der Waals surface area contributed by atoms with Crippen LogP contribution in [-0.4, -0.2) is 54.6 Å². The average molecular weight is 319 g/mol. The summed E-state index contributed by atoms with van der Waals surface area (Å²) in [6, 6.07) is 6.40. The van der Waals surface area contributed by atoms with Crippen molar-refractivity contribution in [3.63, 3.8) is 0 Å². The molecule has 1 aliphatic rings. The summed E-state index contributed by atoms with van der Waals surface area (Å²) in [5.41, 5.74) is 0.629. The van der Waals surface area contributed by atoms with Gasteiger partial charge in [-0.2, -0.15) is 0 Å². The van der Waals surface area contributed by atoms with Crippen LogP contribution in [0.2, 0.25) is 0 Å². The highest BCUT2D eigenvalue weighted by atomic mass is 16.6. The molecule has 124 valence electrons. The Balaban J connectivity index is 1.82. The summed E-state index contributed by atoms with van der Waals surface area (Å²) in [5.74, 6) is -0.211. The topological polar surface area (TPSA) is 84.7 Å². The van der Waals surface area contributed by atoms with Crippen LogP contribution in [0.4, 0.5) is 5.69 Å². The number of nitrogens with zero attached hydrogens (tertiary/aromatic N) is 2. The molecule has 1 amide bonds. The van der Waals surface area contributed by atoms with Crippen LogP contribution in [-0.2, 0) is 9.53 Å². The van der Waals surface area contributed by atoms with Crippen LogP contribution in [0.3, 0.4) is 0 Å². The van der Waals surface area contributed by atoms with Gasteiger partial charge in [0.05, 0.1) is 18.1 Å². The predicted octanol–water partition coefficient (Wildman–Crippen LogP) is 1.44. The summed E-state index contributed by atoms with van der Waals surface area (Å²) in [6.07, 6.45) is 2.97. The summed E-state index contributed by atoms with van der Waals surface area (Å²) < 4.78 is 5.30. The van der Waals surface area contributed by atoms with Crippen LogP contribution >= 0.6 is 0 Å². The van der Waals surface area contributed by atoms with Gasteiger partial charge in [-0.05, 0) is 18.6 Å². The molecular formula is C16H21N3O4. The lowest BCUT2D eigenvalue weighted by atomic mass is 10.2. The monoisotopic (exact) mass is 319 g/mol. The Morgan fingerprint density at radius 2 is 2.22 bits per heavy atom. The van der Waals surface area contributed by atoms with E-state index in [0.717, 1.165) is 26.3 Å². The fourth-order valence-electron chi connectivity index (χ4n) is 2.37. The summed E-state index contributed by atoms with van der Waals surface area (Å²) in [4.78, 5) is 24.4. The smallest absolute Gasteiger partial charge is 0.270 e. The van der Waals surface area contributed by atoms with Gasteiger partial charge in [0.15, 0.2) is 0 Å². The molecule has 0 aliphatic carbocycles. The third-order valence-corrected chi connectivity index (χ3v) is 3.75. The van der Waals surface area contributed by atoms with E-state index >= 15 is 0 Å². The highest BCUT2D eigenvalue weighted by Crippen LogP contribution is 2.14. The molecule has 2 rings (SSSR count). The molecule has 0 radical (unpaired) electrons. The molecule has 1 saturated heterocycles. The third kappa shape index (κ3) is 5.46. The molecule has 1 atom stereocenters. The fraction of sp³-hybridized carbons (Fsp3) is 0.438. The maximum Gasteiger partial charge on any atom is 0.270 e. The lowest BCUT2D eigenvalue weighted by Crippen LogP contribution is -2.47. The van der Waals surface area contributed by atoms with Crippen molar-refractivity contribution in [2.75, 3.05) is 32.8 Å². The highest BCUT2D eigenvalue weighted by Gasteiger charge is 2.16. The zero-order chi connectivity index (χ0) is 16.7. The van der Waals surface area contributed by atoms with Gasteiger partial charge in [-0.15, -0.1) is 0 Å². The third-order valence-electron chi connectivity index (χ3n) is 3.75. The second-order valence-electron chi connectivity index (χ2n) is 5.43. The number of hydrogen-bond donors (Lipinski definition) is 1. The van der Waals surface area contributed by atoms with Gasteiger partial charge in [0.25, 0.3) is 5.69 Å². The molecule has 1 heterocycles. The van der Waals surface area contributed by atoms with E-state index in [4.69, 9.17) is 4.74 Å². The Morgan fingerprint density at radius 3 is 2.91 bits per heavy atom. The molecule has 1 unspecified atom stereocenters. The average Bonchev–Trinajstić information content (AvgIpc) is 2.58. The van der Waals surface area contributed by atoms with E-state index in [1.165, 1.54) is 18.2 Å². The number of carbonyl (C=O) groups excluding carboxylic acids is 1. The standard InChI is InChI=1S/C16H21N3O4/c1-13(18-7-9-23-10-8-18)12-17-16(20)6-5-14-3-2-4-15(11-14)19(21)22/h2-6,11,13H,7-10,12H2,1H3,(H,17,20). The van der Waals surface area contributed by atoms with Crippen molar-refractivity contribution >= 4 is 17.7 Å². The minimum absolute atomic E-state index is 0.00787. The van der Waals surface area contributed by atoms with Gasteiger partial charge in [0.1, 0.15) is 0 Å². The Bertz CT molecular complexity index is 582. The van der Waals surface area contributed by atoms with Crippen molar-refractivity contribution < 1.29 is 14.5 Å². The first-order chi connectivity index (χ1) is 11.1. The van der Waals surface area contributed by atoms with Gasteiger partial charge in [-0.3, -0.25) is 19.8 Å². The van der Waals surface area contributed by atoms with Crippen LogP contribution in [0.5, 0.6) is 0 Å². The van der Waals surface area contributed by atoms with E-state index in [0.29, 0.717) is 12.1 Å². The van der Waals surface area contributed by atoms with E-state index in [1.54, 1.807) is 18.2 Å². The normalized spacial score (nSPS) is 17.1. The molecule has 0 bridgehead atoms. The first-order valence-electron chi connectivity index (χ1n) is 7.58. The summed E-state index contributed by atoms with van der Waals surface area (Å²) in [7, 11) is 0. The van der Waals surface area contributed by atoms with E-state index < -0.39 is 4.92 Å². The number of ether oxygens (including phenoxy) is 1. The molecule has 0 saturated carbocycles. The van der Waals surface area contributed by atoms with Crippen molar-refractivity contribution in [1.29, 1.82) is 0 Å². The Kier molecular flexibility index (Phi) is 6.25. The largest absolute Gasteiger partial charge is 0.379 e. The molecule has 7 heteroatoms. The van der Waals surface area contributed by atoms with Crippen molar-refractivity contribution in [2.24, 2.45) is 0 Å². The lowest BCUT2D eigenvalue weighted by Gasteiger charge is -2.32. The number of morpholine rings is 1. The quantitative estimate of drug-likeness (QED) is 0.487. The first kappa shape index (κ1) is 17.1. The number of benzene rings is 1. The maximum absolute atomic E-state index is 11.8. The minimum Gasteiger partial charge on any atom is -0.379 e. The molecule has 1 aromatic carbocycles. The molecule has 1 aromatic rings. The first-order valence-corrected chi connectivity index (χ1v) is 7.58. The van der Waals surface area contributed by atoms with E-state index in [1.807, 2.05) is 0 Å². The summed E-state index contributed by atoms with van der Waals surface area (Å²) >= 11 is 0. The zero-order valence-electron chi connectivity index (χ0n) is 13.1. The molecule has 7 nitrogen and oxygen atoms in total.